The molecular weight excluding hydrogens is 175 g/mol. The van der Waals surface area contributed by atoms with E-state index < -0.39 is 14.4 Å². The first-order valence-electron chi connectivity index (χ1n) is 3.94. The fraction of sp³-hybridized carbons (Fsp3) is 0.625. The zero-order valence-electron chi connectivity index (χ0n) is 7.60. The second-order valence-electron chi connectivity index (χ2n) is 3.19. The van der Waals surface area contributed by atoms with Crippen molar-refractivity contribution in [3.63, 3.8) is 0 Å². The van der Waals surface area contributed by atoms with Crippen molar-refractivity contribution in [3.8, 4) is 0 Å². The first-order valence-corrected chi connectivity index (χ1v) is 7.02. The highest BCUT2D eigenvalue weighted by Gasteiger charge is 2.19. The fourth-order valence-corrected chi connectivity index (χ4v) is 1.71. The minimum absolute atomic E-state index is 0.297. The van der Waals surface area contributed by atoms with Crippen LogP contribution in [0.2, 0.25) is 19.1 Å². The van der Waals surface area contributed by atoms with Gasteiger partial charge in [0.15, 0.2) is 0 Å². The van der Waals surface area contributed by atoms with E-state index in [1.54, 1.807) is 13.1 Å². The van der Waals surface area contributed by atoms with Gasteiger partial charge in [0.1, 0.15) is 0 Å². The second kappa shape index (κ2) is 5.08. The van der Waals surface area contributed by atoms with Gasteiger partial charge in [-0.05, 0) is 25.6 Å². The lowest BCUT2D eigenvalue weighted by molar-refractivity contribution is -0.137. The molecule has 0 aromatic rings. The summed E-state index contributed by atoms with van der Waals surface area (Å²) in [5.41, 5.74) is 0. The van der Waals surface area contributed by atoms with E-state index in [0.29, 0.717) is 19.1 Å². The van der Waals surface area contributed by atoms with Crippen LogP contribution in [-0.2, 0) is 9.53 Å². The number of ether oxygens (including phenoxy) is 1. The summed E-state index contributed by atoms with van der Waals surface area (Å²) in [6, 6.07) is 0.539. The third-order valence-electron chi connectivity index (χ3n) is 1.33. The van der Waals surface area contributed by atoms with E-state index in [0.717, 1.165) is 6.08 Å². The second-order valence-corrected chi connectivity index (χ2v) is 7.13. The molecule has 0 amide bonds. The standard InChI is InChI=1S/C8H15FO2Si/c1-4-8(10)11-6-5-7-12(2,3)9/h4H,1,5-7H2,2-3H3. The summed E-state index contributed by atoms with van der Waals surface area (Å²) in [7, 11) is -2.46. The smallest absolute Gasteiger partial charge is 0.330 e. The van der Waals surface area contributed by atoms with Gasteiger partial charge in [-0.1, -0.05) is 6.58 Å². The van der Waals surface area contributed by atoms with Crippen molar-refractivity contribution >= 4 is 14.4 Å². The Morgan fingerprint density at radius 3 is 2.67 bits per heavy atom. The Balaban J connectivity index is 3.34. The van der Waals surface area contributed by atoms with Gasteiger partial charge in [0, 0.05) is 6.08 Å². The molecule has 0 rings (SSSR count). The van der Waals surface area contributed by atoms with Gasteiger partial charge in [-0.15, -0.1) is 0 Å². The van der Waals surface area contributed by atoms with E-state index in [1.165, 1.54) is 0 Å². The molecule has 12 heavy (non-hydrogen) atoms. The minimum atomic E-state index is -2.46. The van der Waals surface area contributed by atoms with Crippen molar-refractivity contribution < 1.29 is 13.6 Å². The Labute approximate surface area is 73.6 Å². The van der Waals surface area contributed by atoms with Gasteiger partial charge in [-0.25, -0.2) is 4.79 Å². The summed E-state index contributed by atoms with van der Waals surface area (Å²) in [6.07, 6.45) is 1.72. The van der Waals surface area contributed by atoms with Gasteiger partial charge in [0.2, 0.25) is 8.41 Å². The van der Waals surface area contributed by atoms with Crippen LogP contribution in [-0.4, -0.2) is 21.0 Å². The summed E-state index contributed by atoms with van der Waals surface area (Å²) < 4.78 is 17.7. The molecule has 2 nitrogen and oxygen atoms in total. The lowest BCUT2D eigenvalue weighted by atomic mass is 10.5. The normalized spacial score (nSPS) is 10.9. The van der Waals surface area contributed by atoms with E-state index >= 15 is 0 Å². The molecule has 0 fully saturated rings. The molecule has 0 atom stereocenters. The van der Waals surface area contributed by atoms with Gasteiger partial charge >= 0.3 is 5.97 Å². The molecule has 0 heterocycles. The number of carbonyl (C=O) groups is 1. The number of esters is 1. The molecule has 0 bridgehead atoms. The summed E-state index contributed by atoms with van der Waals surface area (Å²) in [5, 5.41) is 0. The Bertz CT molecular complexity index is 163. The highest BCUT2D eigenvalue weighted by atomic mass is 28.4. The summed E-state index contributed by atoms with van der Waals surface area (Å²) in [4.78, 5) is 10.5. The van der Waals surface area contributed by atoms with Crippen LogP contribution in [0.25, 0.3) is 0 Å². The molecule has 70 valence electrons. The van der Waals surface area contributed by atoms with Crippen LogP contribution >= 0.6 is 0 Å². The van der Waals surface area contributed by atoms with E-state index in [1.807, 2.05) is 0 Å². The molecule has 0 aliphatic rings. The summed E-state index contributed by atoms with van der Waals surface area (Å²) in [6.45, 7) is 6.83. The van der Waals surface area contributed by atoms with E-state index in [4.69, 9.17) is 0 Å². The van der Waals surface area contributed by atoms with Crippen LogP contribution in [0, 0.1) is 0 Å². The zero-order valence-corrected chi connectivity index (χ0v) is 8.60. The van der Waals surface area contributed by atoms with Crippen molar-refractivity contribution in [3.05, 3.63) is 12.7 Å². The molecule has 0 aliphatic heterocycles. The Hall–Kier alpha value is -0.643. The maximum Gasteiger partial charge on any atom is 0.330 e. The number of rotatable bonds is 5. The first-order chi connectivity index (χ1) is 5.45. The van der Waals surface area contributed by atoms with Crippen molar-refractivity contribution in [1.29, 1.82) is 0 Å². The van der Waals surface area contributed by atoms with Crippen molar-refractivity contribution in [2.75, 3.05) is 6.61 Å². The van der Waals surface area contributed by atoms with E-state index in [9.17, 15) is 8.90 Å². The predicted octanol–water partition coefficient (Wildman–Crippen LogP) is 2.28. The van der Waals surface area contributed by atoms with Crippen LogP contribution in [0.5, 0.6) is 0 Å². The average Bonchev–Trinajstić information content (AvgIpc) is 1.96. The highest BCUT2D eigenvalue weighted by molar-refractivity contribution is 6.70. The summed E-state index contributed by atoms with van der Waals surface area (Å²) >= 11 is 0. The topological polar surface area (TPSA) is 26.3 Å². The third kappa shape index (κ3) is 7.46. The number of halogens is 1. The molecule has 4 heteroatoms. The van der Waals surface area contributed by atoms with Crippen LogP contribution in [0.3, 0.4) is 0 Å². The van der Waals surface area contributed by atoms with Gasteiger partial charge in [-0.3, -0.25) is 0 Å². The maximum atomic E-state index is 13.0. The largest absolute Gasteiger partial charge is 0.463 e. The van der Waals surface area contributed by atoms with Crippen molar-refractivity contribution in [1.82, 2.24) is 0 Å². The molecule has 0 saturated heterocycles. The van der Waals surface area contributed by atoms with Crippen LogP contribution < -0.4 is 0 Å². The van der Waals surface area contributed by atoms with Gasteiger partial charge in [0.05, 0.1) is 6.61 Å². The number of carbonyl (C=O) groups excluding carboxylic acids is 1. The predicted molar refractivity (Wildman–Crippen MR) is 49.2 cm³/mol. The SMILES string of the molecule is C=CC(=O)OCCC[Si](C)(C)F. The third-order valence-corrected chi connectivity index (χ3v) is 2.87. The monoisotopic (exact) mass is 190 g/mol. The first kappa shape index (κ1) is 11.4. The van der Waals surface area contributed by atoms with Gasteiger partial charge in [-0.2, -0.15) is 0 Å². The average molecular weight is 190 g/mol. The molecular formula is C8H15FO2Si. The molecule has 0 radical (unpaired) electrons. The lowest BCUT2D eigenvalue weighted by Gasteiger charge is -2.09. The highest BCUT2D eigenvalue weighted by Crippen LogP contribution is 2.12. The van der Waals surface area contributed by atoms with Crippen molar-refractivity contribution in [2.45, 2.75) is 25.6 Å². The molecule has 0 aromatic heterocycles. The van der Waals surface area contributed by atoms with E-state index in [2.05, 4.69) is 11.3 Å². The Morgan fingerprint density at radius 2 is 2.25 bits per heavy atom. The molecule has 0 unspecified atom stereocenters. The maximum absolute atomic E-state index is 13.0. The van der Waals surface area contributed by atoms with Crippen LogP contribution in [0.4, 0.5) is 4.11 Å². The van der Waals surface area contributed by atoms with Crippen LogP contribution in [0.1, 0.15) is 6.42 Å². The number of hydrogen-bond donors (Lipinski definition) is 0. The summed E-state index contributed by atoms with van der Waals surface area (Å²) in [5.74, 6) is -0.437. The lowest BCUT2D eigenvalue weighted by Crippen LogP contribution is -2.18. The van der Waals surface area contributed by atoms with Crippen molar-refractivity contribution in [2.24, 2.45) is 0 Å². The van der Waals surface area contributed by atoms with Gasteiger partial charge < -0.3 is 8.84 Å². The molecule has 0 saturated carbocycles. The van der Waals surface area contributed by atoms with Gasteiger partial charge in [0.25, 0.3) is 0 Å². The molecule has 0 aromatic carbocycles. The molecule has 0 N–H and O–H groups in total. The van der Waals surface area contributed by atoms with Crippen LogP contribution in [0.15, 0.2) is 12.7 Å². The fourth-order valence-electron chi connectivity index (χ4n) is 0.724. The zero-order chi connectivity index (χ0) is 9.61. The quantitative estimate of drug-likeness (QED) is 0.218. The molecule has 0 spiro atoms. The number of hydrogen-bond acceptors (Lipinski definition) is 2. The Kier molecular flexibility index (Phi) is 4.81. The van der Waals surface area contributed by atoms with E-state index in [-0.39, 0.29) is 0 Å². The minimum Gasteiger partial charge on any atom is -0.463 e. The Morgan fingerprint density at radius 1 is 1.67 bits per heavy atom. The molecule has 0 aliphatic carbocycles.